The van der Waals surface area contributed by atoms with Crippen LogP contribution in [-0.2, 0) is 5.41 Å². The van der Waals surface area contributed by atoms with Crippen molar-refractivity contribution in [1.29, 1.82) is 0 Å². The molecular weight excluding hydrogens is 619 g/mol. The van der Waals surface area contributed by atoms with Gasteiger partial charge in [-0.2, -0.15) is 0 Å². The predicted octanol–water partition coefficient (Wildman–Crippen LogP) is 12.2. The van der Waals surface area contributed by atoms with Crippen molar-refractivity contribution in [1.82, 2.24) is 15.0 Å². The maximum absolute atomic E-state index is 5.18. The van der Waals surface area contributed by atoms with Crippen LogP contribution in [0.4, 0.5) is 0 Å². The van der Waals surface area contributed by atoms with Gasteiger partial charge in [0.2, 0.25) is 0 Å². The number of aromatic nitrogens is 3. The standard InChI is InChI=1S/C48H35N3/c1-48(2)43-24-14-13-21-39(43)40-30-29-36(31-44(40)48)32-25-27-35(28-26-32)45-49-46(41-22-11-9-19-37(41)33-15-5-3-6-16-33)51-47(50-45)42-23-12-10-20-38(42)34-17-7-4-8-18-34/h3-31H,1-2H3. The van der Waals surface area contributed by atoms with Gasteiger partial charge in [0.05, 0.1) is 0 Å². The molecule has 0 saturated carbocycles. The summed E-state index contributed by atoms with van der Waals surface area (Å²) >= 11 is 0. The van der Waals surface area contributed by atoms with Gasteiger partial charge in [0.25, 0.3) is 0 Å². The van der Waals surface area contributed by atoms with Gasteiger partial charge in [0.1, 0.15) is 0 Å². The Morgan fingerprint density at radius 2 is 0.706 bits per heavy atom. The molecule has 3 nitrogen and oxygen atoms in total. The first kappa shape index (κ1) is 30.6. The molecule has 3 heteroatoms. The molecule has 0 amide bonds. The first-order chi connectivity index (χ1) is 25.0. The van der Waals surface area contributed by atoms with Crippen molar-refractivity contribution in [3.63, 3.8) is 0 Å². The van der Waals surface area contributed by atoms with E-state index in [9.17, 15) is 0 Å². The van der Waals surface area contributed by atoms with E-state index in [1.54, 1.807) is 0 Å². The summed E-state index contributed by atoms with van der Waals surface area (Å²) in [6.45, 7) is 4.65. The quantitative estimate of drug-likeness (QED) is 0.179. The maximum Gasteiger partial charge on any atom is 0.164 e. The Kier molecular flexibility index (Phi) is 7.48. The second kappa shape index (κ2) is 12.5. The van der Waals surface area contributed by atoms with E-state index in [0.29, 0.717) is 17.5 Å². The number of benzene rings is 7. The summed E-state index contributed by atoms with van der Waals surface area (Å²) < 4.78 is 0. The highest BCUT2D eigenvalue weighted by Crippen LogP contribution is 2.49. The van der Waals surface area contributed by atoms with E-state index in [0.717, 1.165) is 44.5 Å². The van der Waals surface area contributed by atoms with Crippen LogP contribution in [0.15, 0.2) is 176 Å². The van der Waals surface area contributed by atoms with Gasteiger partial charge < -0.3 is 0 Å². The molecule has 0 radical (unpaired) electrons. The number of fused-ring (bicyclic) bond motifs is 3. The summed E-state index contributed by atoms with van der Waals surface area (Å²) in [6.07, 6.45) is 0. The van der Waals surface area contributed by atoms with Crippen LogP contribution >= 0.6 is 0 Å². The van der Waals surface area contributed by atoms with Crippen molar-refractivity contribution in [3.05, 3.63) is 187 Å². The average molecular weight is 654 g/mol. The molecule has 0 unspecified atom stereocenters. The molecule has 0 aliphatic heterocycles. The van der Waals surface area contributed by atoms with Gasteiger partial charge in [-0.25, -0.2) is 15.0 Å². The third-order valence-corrected chi connectivity index (χ3v) is 10.2. The van der Waals surface area contributed by atoms with Gasteiger partial charge >= 0.3 is 0 Å². The van der Waals surface area contributed by atoms with Crippen LogP contribution in [0.3, 0.4) is 0 Å². The first-order valence-electron chi connectivity index (χ1n) is 17.5. The zero-order valence-electron chi connectivity index (χ0n) is 28.6. The fraction of sp³-hybridized carbons (Fsp3) is 0.0625. The molecule has 0 bridgehead atoms. The van der Waals surface area contributed by atoms with Crippen LogP contribution < -0.4 is 0 Å². The van der Waals surface area contributed by atoms with E-state index in [1.165, 1.54) is 27.8 Å². The zero-order valence-corrected chi connectivity index (χ0v) is 28.6. The van der Waals surface area contributed by atoms with Crippen molar-refractivity contribution >= 4 is 0 Å². The molecule has 0 spiro atoms. The van der Waals surface area contributed by atoms with E-state index >= 15 is 0 Å². The topological polar surface area (TPSA) is 38.7 Å². The smallest absolute Gasteiger partial charge is 0.164 e. The largest absolute Gasteiger partial charge is 0.208 e. The Labute approximate surface area is 299 Å². The number of hydrogen-bond donors (Lipinski definition) is 0. The average Bonchev–Trinajstić information content (AvgIpc) is 3.44. The van der Waals surface area contributed by atoms with Crippen LogP contribution in [0.5, 0.6) is 0 Å². The molecule has 0 N–H and O–H groups in total. The summed E-state index contributed by atoms with van der Waals surface area (Å²) in [6, 6.07) is 61.9. The molecule has 1 aliphatic carbocycles. The number of nitrogens with zero attached hydrogens (tertiary/aromatic N) is 3. The molecule has 8 aromatic rings. The van der Waals surface area contributed by atoms with Gasteiger partial charge in [-0.15, -0.1) is 0 Å². The summed E-state index contributed by atoms with van der Waals surface area (Å²) in [4.78, 5) is 15.5. The highest BCUT2D eigenvalue weighted by Gasteiger charge is 2.35. The van der Waals surface area contributed by atoms with E-state index in [-0.39, 0.29) is 5.41 Å². The maximum atomic E-state index is 5.18. The lowest BCUT2D eigenvalue weighted by atomic mass is 9.81. The minimum atomic E-state index is -0.0500. The minimum Gasteiger partial charge on any atom is -0.208 e. The van der Waals surface area contributed by atoms with Gasteiger partial charge in [0.15, 0.2) is 17.5 Å². The Bertz CT molecular complexity index is 2430. The Morgan fingerprint density at radius 1 is 0.294 bits per heavy atom. The van der Waals surface area contributed by atoms with Crippen LogP contribution in [-0.4, -0.2) is 15.0 Å². The normalized spacial score (nSPS) is 12.7. The fourth-order valence-corrected chi connectivity index (χ4v) is 7.54. The van der Waals surface area contributed by atoms with Gasteiger partial charge in [-0.1, -0.05) is 184 Å². The molecule has 7 aromatic carbocycles. The number of hydrogen-bond acceptors (Lipinski definition) is 3. The highest BCUT2D eigenvalue weighted by atomic mass is 15.0. The monoisotopic (exact) mass is 653 g/mol. The van der Waals surface area contributed by atoms with E-state index in [4.69, 9.17) is 15.0 Å². The summed E-state index contributed by atoms with van der Waals surface area (Å²) in [5, 5.41) is 0. The second-order valence-corrected chi connectivity index (χ2v) is 13.6. The lowest BCUT2D eigenvalue weighted by Crippen LogP contribution is -2.14. The molecule has 9 rings (SSSR count). The fourth-order valence-electron chi connectivity index (χ4n) is 7.54. The lowest BCUT2D eigenvalue weighted by Gasteiger charge is -2.22. The van der Waals surface area contributed by atoms with E-state index < -0.39 is 0 Å². The van der Waals surface area contributed by atoms with Crippen molar-refractivity contribution in [2.24, 2.45) is 0 Å². The van der Waals surface area contributed by atoms with E-state index in [2.05, 4.69) is 166 Å². The summed E-state index contributed by atoms with van der Waals surface area (Å²) in [5.41, 5.74) is 15.0. The van der Waals surface area contributed by atoms with Gasteiger partial charge in [0, 0.05) is 22.1 Å². The molecular formula is C48H35N3. The Balaban J connectivity index is 1.16. The third kappa shape index (κ3) is 5.44. The summed E-state index contributed by atoms with van der Waals surface area (Å²) in [7, 11) is 0. The van der Waals surface area contributed by atoms with Crippen molar-refractivity contribution in [3.8, 4) is 78.7 Å². The van der Waals surface area contributed by atoms with Crippen LogP contribution in [0.25, 0.3) is 78.7 Å². The second-order valence-electron chi connectivity index (χ2n) is 13.6. The van der Waals surface area contributed by atoms with Crippen LogP contribution in [0.2, 0.25) is 0 Å². The molecule has 0 fully saturated rings. The zero-order chi connectivity index (χ0) is 34.4. The molecule has 1 heterocycles. The Hall–Kier alpha value is -6.45. The molecule has 1 aromatic heterocycles. The summed E-state index contributed by atoms with van der Waals surface area (Å²) in [5.74, 6) is 1.92. The Morgan fingerprint density at radius 3 is 1.27 bits per heavy atom. The van der Waals surface area contributed by atoms with Crippen molar-refractivity contribution < 1.29 is 0 Å². The van der Waals surface area contributed by atoms with Crippen molar-refractivity contribution in [2.45, 2.75) is 19.3 Å². The van der Waals surface area contributed by atoms with E-state index in [1.807, 2.05) is 24.3 Å². The molecule has 0 atom stereocenters. The van der Waals surface area contributed by atoms with Gasteiger partial charge in [-0.3, -0.25) is 0 Å². The van der Waals surface area contributed by atoms with Crippen LogP contribution in [0.1, 0.15) is 25.0 Å². The molecule has 0 saturated heterocycles. The van der Waals surface area contributed by atoms with Gasteiger partial charge in [-0.05, 0) is 61.7 Å². The molecule has 1 aliphatic rings. The molecule has 242 valence electrons. The first-order valence-corrected chi connectivity index (χ1v) is 17.5. The predicted molar refractivity (Wildman–Crippen MR) is 210 cm³/mol. The number of rotatable bonds is 6. The third-order valence-electron chi connectivity index (χ3n) is 10.2. The molecule has 51 heavy (non-hydrogen) atoms. The lowest BCUT2D eigenvalue weighted by molar-refractivity contribution is 0.660. The minimum absolute atomic E-state index is 0.0500. The van der Waals surface area contributed by atoms with Crippen LogP contribution in [0, 0.1) is 0 Å². The SMILES string of the molecule is CC1(C)c2ccccc2-c2ccc(-c3ccc(-c4nc(-c5ccccc5-c5ccccc5)nc(-c5ccccc5-c5ccccc5)n4)cc3)cc21. The van der Waals surface area contributed by atoms with Crippen molar-refractivity contribution in [2.75, 3.05) is 0 Å². The highest BCUT2D eigenvalue weighted by molar-refractivity contribution is 5.86.